The van der Waals surface area contributed by atoms with Crippen LogP contribution in [0.5, 0.6) is 0 Å². The highest BCUT2D eigenvalue weighted by Crippen LogP contribution is 2.34. The van der Waals surface area contributed by atoms with Crippen molar-refractivity contribution in [3.05, 3.63) is 30.6 Å². The molecule has 0 unspecified atom stereocenters. The summed E-state index contributed by atoms with van der Waals surface area (Å²) in [6.07, 6.45) is 3.39. The molecule has 0 radical (unpaired) electrons. The van der Waals surface area contributed by atoms with Crippen LogP contribution in [0.2, 0.25) is 0 Å². The lowest BCUT2D eigenvalue weighted by Gasteiger charge is -2.14. The maximum Gasteiger partial charge on any atom is 0.240 e. The molecule has 0 atom stereocenters. The first kappa shape index (κ1) is 11.2. The fraction of sp³-hybridized carbons (Fsp3) is 0.385. The number of nitrogens with one attached hydrogen (secondary N) is 1. The third-order valence-corrected chi connectivity index (χ3v) is 3.40. The first-order valence-corrected chi connectivity index (χ1v) is 6.04. The zero-order valence-corrected chi connectivity index (χ0v) is 9.97. The van der Waals surface area contributed by atoms with E-state index in [1.54, 1.807) is 6.33 Å². The second kappa shape index (κ2) is 4.10. The smallest absolute Gasteiger partial charge is 0.240 e. The van der Waals surface area contributed by atoms with Gasteiger partial charge < -0.3 is 15.0 Å². The molecule has 0 aliphatic heterocycles. The van der Waals surface area contributed by atoms with Gasteiger partial charge in [-0.05, 0) is 25.0 Å². The summed E-state index contributed by atoms with van der Waals surface area (Å²) in [6, 6.07) is 7.70. The van der Waals surface area contributed by atoms with Crippen LogP contribution in [-0.4, -0.2) is 32.7 Å². The van der Waals surface area contributed by atoms with Gasteiger partial charge in [-0.25, -0.2) is 4.98 Å². The first-order valence-electron chi connectivity index (χ1n) is 6.04. The van der Waals surface area contributed by atoms with Crippen LogP contribution in [0.15, 0.2) is 30.6 Å². The number of para-hydroxylation sites is 2. The molecule has 2 N–H and O–H groups in total. The number of carbonyl (C=O) groups is 1. The van der Waals surface area contributed by atoms with E-state index in [4.69, 9.17) is 5.11 Å². The Morgan fingerprint density at radius 1 is 1.44 bits per heavy atom. The highest BCUT2D eigenvalue weighted by Gasteiger charge is 2.43. The van der Waals surface area contributed by atoms with E-state index in [1.165, 1.54) is 0 Å². The van der Waals surface area contributed by atoms with Crippen LogP contribution >= 0.6 is 0 Å². The lowest BCUT2D eigenvalue weighted by atomic mass is 10.3. The maximum atomic E-state index is 11.9. The Kier molecular flexibility index (Phi) is 2.56. The van der Waals surface area contributed by atoms with Crippen molar-refractivity contribution in [3.63, 3.8) is 0 Å². The van der Waals surface area contributed by atoms with E-state index < -0.39 is 0 Å². The van der Waals surface area contributed by atoms with Gasteiger partial charge in [-0.15, -0.1) is 0 Å². The summed E-state index contributed by atoms with van der Waals surface area (Å²) in [5.74, 6) is -0.0790. The van der Waals surface area contributed by atoms with E-state index >= 15 is 0 Å². The Labute approximate surface area is 104 Å². The standard InChI is InChI=1S/C13H15N3O2/c17-8-13(5-6-13)15-12(18)7-16-9-14-10-3-1-2-4-11(10)16/h1-4,9,17H,5-8H2,(H,15,18). The van der Waals surface area contributed by atoms with Gasteiger partial charge in [-0.1, -0.05) is 12.1 Å². The molecule has 1 aromatic heterocycles. The normalized spacial score (nSPS) is 16.7. The minimum atomic E-state index is -0.354. The van der Waals surface area contributed by atoms with Crippen molar-refractivity contribution in [1.29, 1.82) is 0 Å². The van der Waals surface area contributed by atoms with E-state index in [1.807, 2.05) is 28.8 Å². The van der Waals surface area contributed by atoms with Crippen LogP contribution in [0.3, 0.4) is 0 Å². The molecular weight excluding hydrogens is 230 g/mol. The fourth-order valence-corrected chi connectivity index (χ4v) is 2.10. The fourth-order valence-electron chi connectivity index (χ4n) is 2.10. The molecule has 1 amide bonds. The molecule has 3 rings (SSSR count). The van der Waals surface area contributed by atoms with Gasteiger partial charge in [0, 0.05) is 0 Å². The highest BCUT2D eigenvalue weighted by molar-refractivity contribution is 5.81. The van der Waals surface area contributed by atoms with Crippen LogP contribution in [-0.2, 0) is 11.3 Å². The molecule has 1 aromatic carbocycles. The third-order valence-electron chi connectivity index (χ3n) is 3.40. The molecule has 0 spiro atoms. The SMILES string of the molecule is O=C(Cn1cnc2ccccc21)NC1(CO)CC1. The molecule has 2 aromatic rings. The molecule has 0 bridgehead atoms. The van der Waals surface area contributed by atoms with Gasteiger partial charge in [0.1, 0.15) is 6.54 Å². The minimum absolute atomic E-state index is 0.0173. The quantitative estimate of drug-likeness (QED) is 0.832. The third kappa shape index (κ3) is 1.97. The van der Waals surface area contributed by atoms with E-state index in [2.05, 4.69) is 10.3 Å². The van der Waals surface area contributed by atoms with E-state index in [0.29, 0.717) is 0 Å². The number of carbonyl (C=O) groups excluding carboxylic acids is 1. The van der Waals surface area contributed by atoms with Gasteiger partial charge in [-0.2, -0.15) is 0 Å². The number of rotatable bonds is 4. The number of benzene rings is 1. The second-order valence-corrected chi connectivity index (χ2v) is 4.85. The molecule has 5 heteroatoms. The van der Waals surface area contributed by atoms with Crippen molar-refractivity contribution < 1.29 is 9.90 Å². The van der Waals surface area contributed by atoms with Crippen molar-refractivity contribution in [2.24, 2.45) is 0 Å². The van der Waals surface area contributed by atoms with Gasteiger partial charge in [0.25, 0.3) is 0 Å². The number of imidazole rings is 1. The Morgan fingerprint density at radius 2 is 2.22 bits per heavy atom. The largest absolute Gasteiger partial charge is 0.394 e. The first-order chi connectivity index (χ1) is 8.72. The van der Waals surface area contributed by atoms with Crippen molar-refractivity contribution in [2.75, 3.05) is 6.61 Å². The summed E-state index contributed by atoms with van der Waals surface area (Å²) in [4.78, 5) is 16.1. The number of fused-ring (bicyclic) bond motifs is 1. The number of aromatic nitrogens is 2. The number of amides is 1. The van der Waals surface area contributed by atoms with Crippen LogP contribution in [0, 0.1) is 0 Å². The number of hydrogen-bond acceptors (Lipinski definition) is 3. The minimum Gasteiger partial charge on any atom is -0.394 e. The van der Waals surface area contributed by atoms with Crippen LogP contribution in [0.1, 0.15) is 12.8 Å². The van der Waals surface area contributed by atoms with Crippen LogP contribution in [0.25, 0.3) is 11.0 Å². The van der Waals surface area contributed by atoms with Gasteiger partial charge in [0.2, 0.25) is 5.91 Å². The molecule has 1 heterocycles. The number of aliphatic hydroxyl groups excluding tert-OH is 1. The zero-order valence-electron chi connectivity index (χ0n) is 9.97. The molecule has 1 fully saturated rings. The number of hydrogen-bond donors (Lipinski definition) is 2. The lowest BCUT2D eigenvalue weighted by molar-refractivity contribution is -0.122. The Balaban J connectivity index is 1.74. The van der Waals surface area contributed by atoms with Gasteiger partial charge in [0.15, 0.2) is 0 Å². The lowest BCUT2D eigenvalue weighted by Crippen LogP contribution is -2.41. The predicted molar refractivity (Wildman–Crippen MR) is 66.9 cm³/mol. The zero-order chi connectivity index (χ0) is 12.6. The predicted octanol–water partition coefficient (Wildman–Crippen LogP) is 0.677. The number of aliphatic hydroxyl groups is 1. The van der Waals surface area contributed by atoms with Gasteiger partial charge in [0.05, 0.1) is 29.5 Å². The monoisotopic (exact) mass is 245 g/mol. The molecule has 0 saturated heterocycles. The molecule has 1 aliphatic rings. The van der Waals surface area contributed by atoms with Crippen molar-refractivity contribution >= 4 is 16.9 Å². The van der Waals surface area contributed by atoms with E-state index in [0.717, 1.165) is 23.9 Å². The summed E-state index contributed by atoms with van der Waals surface area (Å²) in [5.41, 5.74) is 1.48. The molecule has 5 nitrogen and oxygen atoms in total. The van der Waals surface area contributed by atoms with E-state index in [-0.39, 0.29) is 24.6 Å². The molecule has 1 aliphatic carbocycles. The summed E-state index contributed by atoms with van der Waals surface area (Å²) >= 11 is 0. The van der Waals surface area contributed by atoms with E-state index in [9.17, 15) is 4.79 Å². The maximum absolute atomic E-state index is 11.9. The van der Waals surface area contributed by atoms with Gasteiger partial charge in [-0.3, -0.25) is 4.79 Å². The Bertz CT molecular complexity index is 587. The molecular formula is C13H15N3O2. The van der Waals surface area contributed by atoms with Crippen molar-refractivity contribution in [2.45, 2.75) is 24.9 Å². The summed E-state index contributed by atoms with van der Waals surface area (Å²) in [6.45, 7) is 0.256. The molecule has 94 valence electrons. The Hall–Kier alpha value is -1.88. The summed E-state index contributed by atoms with van der Waals surface area (Å²) in [5, 5.41) is 12.1. The van der Waals surface area contributed by atoms with Crippen molar-refractivity contribution in [3.8, 4) is 0 Å². The number of nitrogens with zero attached hydrogens (tertiary/aromatic N) is 2. The van der Waals surface area contributed by atoms with Crippen LogP contribution < -0.4 is 5.32 Å². The molecule has 1 saturated carbocycles. The summed E-state index contributed by atoms with van der Waals surface area (Å²) < 4.78 is 1.82. The highest BCUT2D eigenvalue weighted by atomic mass is 16.3. The van der Waals surface area contributed by atoms with Crippen molar-refractivity contribution in [1.82, 2.24) is 14.9 Å². The second-order valence-electron chi connectivity index (χ2n) is 4.85. The average Bonchev–Trinajstić information content (AvgIpc) is 3.04. The average molecular weight is 245 g/mol. The van der Waals surface area contributed by atoms with Gasteiger partial charge >= 0.3 is 0 Å². The summed E-state index contributed by atoms with van der Waals surface area (Å²) in [7, 11) is 0. The topological polar surface area (TPSA) is 67.2 Å². The Morgan fingerprint density at radius 3 is 2.94 bits per heavy atom. The van der Waals surface area contributed by atoms with Crippen LogP contribution in [0.4, 0.5) is 0 Å². The molecule has 18 heavy (non-hydrogen) atoms.